The van der Waals surface area contributed by atoms with Gasteiger partial charge in [-0.15, -0.1) is 0 Å². The highest BCUT2D eigenvalue weighted by molar-refractivity contribution is 7.98. The van der Waals surface area contributed by atoms with Crippen LogP contribution in [-0.2, 0) is 26.3 Å². The van der Waals surface area contributed by atoms with Crippen molar-refractivity contribution < 1.29 is 13.2 Å². The molecule has 2 aromatic rings. The van der Waals surface area contributed by atoms with Gasteiger partial charge in [0, 0.05) is 37.1 Å². The minimum Gasteiger partial charge on any atom is -0.355 e. The van der Waals surface area contributed by atoms with Gasteiger partial charge in [-0.05, 0) is 43.0 Å². The average Bonchev–Trinajstić information content (AvgIpc) is 2.77. The number of thioether (sulfide) groups is 1. The zero-order valence-corrected chi connectivity index (χ0v) is 21.2. The minimum atomic E-state index is -3.37. The van der Waals surface area contributed by atoms with E-state index < -0.39 is 10.0 Å². The lowest BCUT2D eigenvalue weighted by Gasteiger charge is -2.30. The fraction of sp³-hybridized carbons (Fsp3) is 0.435. The molecular weight excluding hydrogens is 487 g/mol. The van der Waals surface area contributed by atoms with Crippen molar-refractivity contribution >= 4 is 50.9 Å². The van der Waals surface area contributed by atoms with Crippen molar-refractivity contribution in [1.82, 2.24) is 9.62 Å². The van der Waals surface area contributed by atoms with Gasteiger partial charge in [-0.1, -0.05) is 59.1 Å². The van der Waals surface area contributed by atoms with Crippen LogP contribution in [0.15, 0.2) is 42.5 Å². The maximum atomic E-state index is 12.7. The van der Waals surface area contributed by atoms with E-state index in [1.807, 2.05) is 43.3 Å². The smallest absolute Gasteiger partial charge is 0.223 e. The number of rotatable bonds is 9. The first-order valence-electron chi connectivity index (χ1n) is 10.6. The molecule has 1 aliphatic rings. The second-order valence-corrected chi connectivity index (χ2v) is 11.9. The van der Waals surface area contributed by atoms with E-state index >= 15 is 0 Å². The fourth-order valence-corrected chi connectivity index (χ4v) is 6.28. The second kappa shape index (κ2) is 11.7. The van der Waals surface area contributed by atoms with Crippen LogP contribution in [0, 0.1) is 12.8 Å². The molecule has 0 saturated carbocycles. The monoisotopic (exact) mass is 514 g/mol. The molecule has 2 aromatic carbocycles. The van der Waals surface area contributed by atoms with E-state index in [1.54, 1.807) is 17.8 Å². The molecule has 0 unspecified atom stereocenters. The van der Waals surface area contributed by atoms with Gasteiger partial charge < -0.3 is 5.32 Å². The number of nitrogens with zero attached hydrogens (tertiary/aromatic N) is 1. The molecule has 1 aliphatic heterocycles. The van der Waals surface area contributed by atoms with Gasteiger partial charge in [0.05, 0.1) is 15.8 Å². The molecule has 3 rings (SSSR count). The van der Waals surface area contributed by atoms with Crippen LogP contribution in [-0.4, -0.2) is 44.0 Å². The number of nitrogens with one attached hydrogen (secondary N) is 1. The summed E-state index contributed by atoms with van der Waals surface area (Å²) in [5.74, 6) is 1.46. The molecule has 0 aromatic heterocycles. The molecule has 32 heavy (non-hydrogen) atoms. The summed E-state index contributed by atoms with van der Waals surface area (Å²) in [5, 5.41) is 4.07. The number of hydrogen-bond donors (Lipinski definition) is 1. The number of piperidine rings is 1. The molecule has 0 aliphatic carbocycles. The topological polar surface area (TPSA) is 66.5 Å². The standard InChI is InChI=1S/C23H28Cl2N2O3S2/c1-17-2-4-18(5-3-17)16-32(29,30)27-11-8-20(9-12-27)23(28)26-10-13-31-15-19-6-7-21(24)22(25)14-19/h2-7,14,20H,8-13,15-16H2,1H3,(H,26,28). The Morgan fingerprint density at radius 2 is 1.72 bits per heavy atom. The van der Waals surface area contributed by atoms with Crippen molar-refractivity contribution in [3.63, 3.8) is 0 Å². The van der Waals surface area contributed by atoms with Crippen LogP contribution in [0.4, 0.5) is 0 Å². The van der Waals surface area contributed by atoms with Gasteiger partial charge >= 0.3 is 0 Å². The zero-order chi connectivity index (χ0) is 23.1. The summed E-state index contributed by atoms with van der Waals surface area (Å²) >= 11 is 13.7. The number of halogens is 2. The van der Waals surface area contributed by atoms with E-state index in [0.717, 1.165) is 28.2 Å². The Balaban J connectivity index is 1.36. The normalized spacial score (nSPS) is 15.6. The van der Waals surface area contributed by atoms with Gasteiger partial charge in [0.2, 0.25) is 15.9 Å². The lowest BCUT2D eigenvalue weighted by Crippen LogP contribution is -2.43. The number of benzene rings is 2. The van der Waals surface area contributed by atoms with Crippen LogP contribution in [0.1, 0.15) is 29.5 Å². The molecule has 0 bridgehead atoms. The molecule has 9 heteroatoms. The second-order valence-electron chi connectivity index (χ2n) is 8.01. The predicted molar refractivity (Wildman–Crippen MR) is 134 cm³/mol. The molecular formula is C23H28Cl2N2O3S2. The highest BCUT2D eigenvalue weighted by Crippen LogP contribution is 2.25. The number of carbonyl (C=O) groups excluding carboxylic acids is 1. The Bertz CT molecular complexity index is 1020. The molecule has 1 fully saturated rings. The van der Waals surface area contributed by atoms with Crippen LogP contribution < -0.4 is 5.32 Å². The SMILES string of the molecule is Cc1ccc(CS(=O)(=O)N2CCC(C(=O)NCCSCc3ccc(Cl)c(Cl)c3)CC2)cc1. The van der Waals surface area contributed by atoms with Crippen molar-refractivity contribution in [2.45, 2.75) is 31.3 Å². The van der Waals surface area contributed by atoms with Gasteiger partial charge in [0.1, 0.15) is 0 Å². The van der Waals surface area contributed by atoms with E-state index in [2.05, 4.69) is 5.32 Å². The molecule has 5 nitrogen and oxygen atoms in total. The van der Waals surface area contributed by atoms with Crippen molar-refractivity contribution in [2.75, 3.05) is 25.4 Å². The molecule has 1 N–H and O–H groups in total. The van der Waals surface area contributed by atoms with Gasteiger partial charge in [-0.3, -0.25) is 4.79 Å². The van der Waals surface area contributed by atoms with Crippen molar-refractivity contribution in [1.29, 1.82) is 0 Å². The van der Waals surface area contributed by atoms with Crippen LogP contribution in [0.2, 0.25) is 10.0 Å². The van der Waals surface area contributed by atoms with Crippen molar-refractivity contribution in [3.8, 4) is 0 Å². The van der Waals surface area contributed by atoms with Crippen molar-refractivity contribution in [2.24, 2.45) is 5.92 Å². The summed E-state index contributed by atoms with van der Waals surface area (Å²) in [5.41, 5.74) is 2.98. The third-order valence-electron chi connectivity index (χ3n) is 5.49. The summed E-state index contributed by atoms with van der Waals surface area (Å²) < 4.78 is 27.0. The first-order chi connectivity index (χ1) is 15.2. The Labute approximate surface area is 204 Å². The Morgan fingerprint density at radius 1 is 1.06 bits per heavy atom. The third kappa shape index (κ3) is 7.39. The molecule has 0 spiro atoms. The Kier molecular flexibility index (Phi) is 9.32. The van der Waals surface area contributed by atoms with Gasteiger partial charge in [-0.25, -0.2) is 12.7 Å². The van der Waals surface area contributed by atoms with E-state index in [0.29, 0.717) is 42.5 Å². The van der Waals surface area contributed by atoms with E-state index in [9.17, 15) is 13.2 Å². The minimum absolute atomic E-state index is 0.000196. The largest absolute Gasteiger partial charge is 0.355 e. The molecule has 174 valence electrons. The lowest BCUT2D eigenvalue weighted by molar-refractivity contribution is -0.125. The zero-order valence-electron chi connectivity index (χ0n) is 18.0. The quantitative estimate of drug-likeness (QED) is 0.483. The third-order valence-corrected chi connectivity index (χ3v) is 9.11. The fourth-order valence-electron chi connectivity index (χ4n) is 3.59. The number of carbonyl (C=O) groups is 1. The first-order valence-corrected chi connectivity index (χ1v) is 14.1. The number of sulfonamides is 1. The number of hydrogen-bond acceptors (Lipinski definition) is 4. The van der Waals surface area contributed by atoms with Gasteiger partial charge in [0.15, 0.2) is 0 Å². The van der Waals surface area contributed by atoms with E-state index in [4.69, 9.17) is 23.2 Å². The summed E-state index contributed by atoms with van der Waals surface area (Å²) in [6.45, 7) is 3.33. The summed E-state index contributed by atoms with van der Waals surface area (Å²) in [6, 6.07) is 13.1. The molecule has 1 heterocycles. The van der Waals surface area contributed by atoms with E-state index in [-0.39, 0.29) is 17.6 Å². The van der Waals surface area contributed by atoms with Crippen LogP contribution in [0.5, 0.6) is 0 Å². The van der Waals surface area contributed by atoms with E-state index in [1.165, 1.54) is 4.31 Å². The van der Waals surface area contributed by atoms with Gasteiger partial charge in [-0.2, -0.15) is 11.8 Å². The van der Waals surface area contributed by atoms with Crippen LogP contribution in [0.25, 0.3) is 0 Å². The number of amides is 1. The van der Waals surface area contributed by atoms with Crippen molar-refractivity contribution in [3.05, 3.63) is 69.2 Å². The number of aryl methyl sites for hydroxylation is 1. The van der Waals surface area contributed by atoms with Gasteiger partial charge in [0.25, 0.3) is 0 Å². The van der Waals surface area contributed by atoms with Crippen LogP contribution in [0.3, 0.4) is 0 Å². The molecule has 1 amide bonds. The molecule has 0 atom stereocenters. The Hall–Kier alpha value is -1.25. The lowest BCUT2D eigenvalue weighted by atomic mass is 9.97. The Morgan fingerprint density at radius 3 is 2.38 bits per heavy atom. The summed E-state index contributed by atoms with van der Waals surface area (Å²) in [7, 11) is -3.37. The maximum Gasteiger partial charge on any atom is 0.223 e. The molecule has 1 saturated heterocycles. The first kappa shape index (κ1) is 25.4. The average molecular weight is 516 g/mol. The maximum absolute atomic E-state index is 12.7. The highest BCUT2D eigenvalue weighted by Gasteiger charge is 2.31. The van der Waals surface area contributed by atoms with Crippen LogP contribution >= 0.6 is 35.0 Å². The molecule has 0 radical (unpaired) electrons. The summed E-state index contributed by atoms with van der Waals surface area (Å²) in [4.78, 5) is 12.5. The highest BCUT2D eigenvalue weighted by atomic mass is 35.5. The predicted octanol–water partition coefficient (Wildman–Crippen LogP) is 4.89. The summed E-state index contributed by atoms with van der Waals surface area (Å²) in [6.07, 6.45) is 1.10.